The van der Waals surface area contributed by atoms with Crippen molar-refractivity contribution in [2.75, 3.05) is 13.6 Å². The summed E-state index contributed by atoms with van der Waals surface area (Å²) in [6.07, 6.45) is 6.91. The molecule has 0 aromatic heterocycles. The molecule has 0 spiro atoms. The second-order valence-electron chi connectivity index (χ2n) is 7.08. The summed E-state index contributed by atoms with van der Waals surface area (Å²) >= 11 is 0. The summed E-state index contributed by atoms with van der Waals surface area (Å²) < 4.78 is 0. The van der Waals surface area contributed by atoms with Crippen molar-refractivity contribution in [3.05, 3.63) is 0 Å². The summed E-state index contributed by atoms with van der Waals surface area (Å²) in [7, 11) is 2.33. The number of likely N-dealkylation sites (N-methyl/N-ethyl adjacent to an activating group) is 2. The number of nitrogens with one attached hydrogen (secondary N) is 1. The molecule has 0 bridgehead atoms. The standard InChI is InChI=1S/C16H34N2/c1-7-17-14-11-9-8-10-12-15(14)18(6)13(2)16(3,4)5/h13-15,17H,7-12H2,1-6H3. The highest BCUT2D eigenvalue weighted by Gasteiger charge is 2.33. The molecule has 0 heterocycles. The van der Waals surface area contributed by atoms with Crippen molar-refractivity contribution in [2.45, 2.75) is 84.8 Å². The number of nitrogens with zero attached hydrogens (tertiary/aromatic N) is 1. The first-order valence-corrected chi connectivity index (χ1v) is 7.83. The first-order valence-electron chi connectivity index (χ1n) is 7.83. The Morgan fingerprint density at radius 1 is 1.17 bits per heavy atom. The molecule has 1 aliphatic carbocycles. The molecule has 0 aromatic rings. The molecule has 2 heteroatoms. The van der Waals surface area contributed by atoms with Crippen molar-refractivity contribution >= 4 is 0 Å². The van der Waals surface area contributed by atoms with E-state index < -0.39 is 0 Å². The predicted octanol–water partition coefficient (Wildman–Crippen LogP) is 3.66. The van der Waals surface area contributed by atoms with Gasteiger partial charge in [-0.05, 0) is 38.8 Å². The fourth-order valence-corrected chi connectivity index (χ4v) is 3.17. The third-order valence-electron chi connectivity index (χ3n) is 4.83. The van der Waals surface area contributed by atoms with E-state index in [2.05, 4.69) is 51.9 Å². The Bertz CT molecular complexity index is 232. The summed E-state index contributed by atoms with van der Waals surface area (Å²) in [5.41, 5.74) is 0.359. The summed E-state index contributed by atoms with van der Waals surface area (Å²) in [4.78, 5) is 2.64. The molecule has 1 fully saturated rings. The van der Waals surface area contributed by atoms with Crippen molar-refractivity contribution in [2.24, 2.45) is 5.41 Å². The molecule has 1 N–H and O–H groups in total. The van der Waals surface area contributed by atoms with Gasteiger partial charge < -0.3 is 5.32 Å². The van der Waals surface area contributed by atoms with Crippen molar-refractivity contribution < 1.29 is 0 Å². The molecule has 0 aliphatic heterocycles. The fraction of sp³-hybridized carbons (Fsp3) is 1.00. The molecule has 108 valence electrons. The monoisotopic (exact) mass is 254 g/mol. The van der Waals surface area contributed by atoms with E-state index in [0.29, 0.717) is 23.5 Å². The molecule has 3 unspecified atom stereocenters. The van der Waals surface area contributed by atoms with E-state index in [1.54, 1.807) is 0 Å². The molecule has 0 saturated heterocycles. The zero-order valence-electron chi connectivity index (χ0n) is 13.4. The lowest BCUT2D eigenvalue weighted by molar-refractivity contribution is 0.0736. The molecule has 1 rings (SSSR count). The zero-order chi connectivity index (χ0) is 13.8. The molecule has 1 aliphatic rings. The van der Waals surface area contributed by atoms with Gasteiger partial charge in [-0.25, -0.2) is 0 Å². The van der Waals surface area contributed by atoms with Crippen LogP contribution in [0.2, 0.25) is 0 Å². The summed E-state index contributed by atoms with van der Waals surface area (Å²) in [6.45, 7) is 12.8. The number of hydrogen-bond donors (Lipinski definition) is 1. The van der Waals surface area contributed by atoms with Crippen LogP contribution in [0.15, 0.2) is 0 Å². The summed E-state index contributed by atoms with van der Waals surface area (Å²) in [5, 5.41) is 3.72. The summed E-state index contributed by atoms with van der Waals surface area (Å²) in [6, 6.07) is 2.02. The van der Waals surface area contributed by atoms with Crippen LogP contribution in [0.4, 0.5) is 0 Å². The molecule has 18 heavy (non-hydrogen) atoms. The zero-order valence-corrected chi connectivity index (χ0v) is 13.4. The normalized spacial score (nSPS) is 28.2. The second kappa shape index (κ2) is 6.91. The Morgan fingerprint density at radius 3 is 2.33 bits per heavy atom. The van der Waals surface area contributed by atoms with Crippen LogP contribution in [0, 0.1) is 5.41 Å². The largest absolute Gasteiger partial charge is 0.313 e. The lowest BCUT2D eigenvalue weighted by Gasteiger charge is -2.43. The van der Waals surface area contributed by atoms with Gasteiger partial charge in [0.05, 0.1) is 0 Å². The third-order valence-corrected chi connectivity index (χ3v) is 4.83. The van der Waals surface area contributed by atoms with E-state index in [-0.39, 0.29) is 0 Å². The Labute approximate surface area is 115 Å². The van der Waals surface area contributed by atoms with Crippen molar-refractivity contribution in [1.82, 2.24) is 10.2 Å². The first-order chi connectivity index (χ1) is 8.38. The quantitative estimate of drug-likeness (QED) is 0.770. The average molecular weight is 254 g/mol. The fourth-order valence-electron chi connectivity index (χ4n) is 3.17. The molecule has 3 atom stereocenters. The highest BCUT2D eigenvalue weighted by atomic mass is 15.2. The van der Waals surface area contributed by atoms with E-state index >= 15 is 0 Å². The maximum absolute atomic E-state index is 3.72. The van der Waals surface area contributed by atoms with Crippen LogP contribution in [0.5, 0.6) is 0 Å². The minimum Gasteiger partial charge on any atom is -0.313 e. The van der Waals surface area contributed by atoms with E-state index in [4.69, 9.17) is 0 Å². The van der Waals surface area contributed by atoms with Crippen molar-refractivity contribution in [3.63, 3.8) is 0 Å². The highest BCUT2D eigenvalue weighted by Crippen LogP contribution is 2.29. The van der Waals surface area contributed by atoms with Crippen LogP contribution < -0.4 is 5.32 Å². The van der Waals surface area contributed by atoms with Gasteiger partial charge in [-0.1, -0.05) is 47.0 Å². The Morgan fingerprint density at radius 2 is 1.78 bits per heavy atom. The van der Waals surface area contributed by atoms with Crippen LogP contribution in [-0.4, -0.2) is 36.6 Å². The Hall–Kier alpha value is -0.0800. The maximum atomic E-state index is 3.72. The van der Waals surface area contributed by atoms with Gasteiger partial charge in [0.15, 0.2) is 0 Å². The van der Waals surface area contributed by atoms with Gasteiger partial charge in [0.2, 0.25) is 0 Å². The Kier molecular flexibility index (Phi) is 6.13. The Balaban J connectivity index is 2.74. The lowest BCUT2D eigenvalue weighted by Crippen LogP contribution is -2.53. The van der Waals surface area contributed by atoms with E-state index in [0.717, 1.165) is 6.54 Å². The van der Waals surface area contributed by atoms with Crippen LogP contribution in [0.1, 0.15) is 66.7 Å². The highest BCUT2D eigenvalue weighted by molar-refractivity contribution is 4.90. The number of rotatable bonds is 4. The van der Waals surface area contributed by atoms with E-state index in [1.807, 2.05) is 0 Å². The third kappa shape index (κ3) is 4.24. The molecule has 0 aromatic carbocycles. The van der Waals surface area contributed by atoms with E-state index in [1.165, 1.54) is 32.1 Å². The van der Waals surface area contributed by atoms with Crippen molar-refractivity contribution in [1.29, 1.82) is 0 Å². The van der Waals surface area contributed by atoms with Gasteiger partial charge in [-0.2, -0.15) is 0 Å². The van der Waals surface area contributed by atoms with Crippen LogP contribution in [0.25, 0.3) is 0 Å². The van der Waals surface area contributed by atoms with Gasteiger partial charge in [-0.3, -0.25) is 4.90 Å². The molecule has 2 nitrogen and oxygen atoms in total. The lowest BCUT2D eigenvalue weighted by atomic mass is 9.85. The van der Waals surface area contributed by atoms with Gasteiger partial charge in [-0.15, -0.1) is 0 Å². The predicted molar refractivity (Wildman–Crippen MR) is 81.0 cm³/mol. The molecule has 1 saturated carbocycles. The molecule has 0 amide bonds. The van der Waals surface area contributed by atoms with Gasteiger partial charge in [0, 0.05) is 18.1 Å². The van der Waals surface area contributed by atoms with Gasteiger partial charge >= 0.3 is 0 Å². The second-order valence-corrected chi connectivity index (χ2v) is 7.08. The molecular formula is C16H34N2. The number of hydrogen-bond acceptors (Lipinski definition) is 2. The molecule has 0 radical (unpaired) electrons. The van der Waals surface area contributed by atoms with E-state index in [9.17, 15) is 0 Å². The van der Waals surface area contributed by atoms with Crippen LogP contribution in [0.3, 0.4) is 0 Å². The average Bonchev–Trinajstić information content (AvgIpc) is 2.52. The van der Waals surface area contributed by atoms with Gasteiger partial charge in [0.25, 0.3) is 0 Å². The summed E-state index contributed by atoms with van der Waals surface area (Å²) in [5.74, 6) is 0. The minimum absolute atomic E-state index is 0.359. The van der Waals surface area contributed by atoms with Crippen molar-refractivity contribution in [3.8, 4) is 0 Å². The minimum atomic E-state index is 0.359. The SMILES string of the molecule is CCNC1CCCCCC1N(C)C(C)C(C)(C)C. The topological polar surface area (TPSA) is 15.3 Å². The van der Waals surface area contributed by atoms with Crippen LogP contribution in [-0.2, 0) is 0 Å². The maximum Gasteiger partial charge on any atom is 0.0249 e. The van der Waals surface area contributed by atoms with Gasteiger partial charge in [0.1, 0.15) is 0 Å². The smallest absolute Gasteiger partial charge is 0.0249 e. The molecular weight excluding hydrogens is 220 g/mol. The van der Waals surface area contributed by atoms with Crippen LogP contribution >= 0.6 is 0 Å². The first kappa shape index (κ1) is 16.0.